The van der Waals surface area contributed by atoms with Gasteiger partial charge in [0.2, 0.25) is 21.1 Å². The molecule has 9 nitrogen and oxygen atoms in total. The van der Waals surface area contributed by atoms with Crippen LogP contribution in [0.4, 0.5) is 16.5 Å². The fourth-order valence-corrected chi connectivity index (χ4v) is 6.90. The first-order valence-corrected chi connectivity index (χ1v) is 14.4. The van der Waals surface area contributed by atoms with Crippen LogP contribution in [0.5, 0.6) is 5.75 Å². The largest absolute Gasteiger partial charge is 0.494 e. The quantitative estimate of drug-likeness (QED) is 0.364. The summed E-state index contributed by atoms with van der Waals surface area (Å²) in [6.07, 6.45) is 1.77. The molecule has 2 N–H and O–H groups in total. The Morgan fingerprint density at radius 2 is 1.74 bits per heavy atom. The molecule has 2 heterocycles. The van der Waals surface area contributed by atoms with Crippen LogP contribution >= 0.6 is 23.1 Å². The summed E-state index contributed by atoms with van der Waals surface area (Å²) in [5.74, 6) is 0.593. The highest BCUT2D eigenvalue weighted by Crippen LogP contribution is 2.31. The van der Waals surface area contributed by atoms with Crippen molar-refractivity contribution >= 4 is 55.5 Å². The van der Waals surface area contributed by atoms with Gasteiger partial charge >= 0.3 is 0 Å². The van der Waals surface area contributed by atoms with Crippen LogP contribution in [0.3, 0.4) is 0 Å². The molecule has 0 saturated carbocycles. The van der Waals surface area contributed by atoms with Crippen molar-refractivity contribution in [1.82, 2.24) is 14.5 Å². The van der Waals surface area contributed by atoms with Gasteiger partial charge < -0.3 is 15.4 Å². The molecule has 0 unspecified atom stereocenters. The van der Waals surface area contributed by atoms with E-state index in [0.717, 1.165) is 24.3 Å². The summed E-state index contributed by atoms with van der Waals surface area (Å²) in [5, 5.41) is 14.5. The SMILES string of the molecule is CCOc1ccc(Nc2nnc(S[C@@H](C)C(=O)Nc3ccc(S(=O)(=O)N4CCCC4)cc3)s2)cc1. The molecule has 35 heavy (non-hydrogen) atoms. The number of carbonyl (C=O) groups is 1. The Balaban J connectivity index is 1.30. The van der Waals surface area contributed by atoms with Gasteiger partial charge in [-0.05, 0) is 75.2 Å². The minimum absolute atomic E-state index is 0.207. The van der Waals surface area contributed by atoms with Crippen LogP contribution in [0.2, 0.25) is 0 Å². The van der Waals surface area contributed by atoms with Crippen molar-refractivity contribution in [1.29, 1.82) is 0 Å². The van der Waals surface area contributed by atoms with E-state index in [-0.39, 0.29) is 10.8 Å². The molecule has 1 aliphatic rings. The number of nitrogens with one attached hydrogen (secondary N) is 2. The molecule has 0 spiro atoms. The molecule has 1 amide bonds. The number of ether oxygens (including phenoxy) is 1. The molecule has 1 fully saturated rings. The molecular weight excluding hydrogens is 506 g/mol. The van der Waals surface area contributed by atoms with Crippen molar-refractivity contribution < 1.29 is 17.9 Å². The molecule has 0 radical (unpaired) electrons. The lowest BCUT2D eigenvalue weighted by Gasteiger charge is -2.16. The fourth-order valence-electron chi connectivity index (χ4n) is 3.47. The topological polar surface area (TPSA) is 114 Å². The van der Waals surface area contributed by atoms with Gasteiger partial charge in [0.15, 0.2) is 4.34 Å². The van der Waals surface area contributed by atoms with E-state index in [1.54, 1.807) is 19.1 Å². The van der Waals surface area contributed by atoms with E-state index in [4.69, 9.17) is 4.74 Å². The highest BCUT2D eigenvalue weighted by molar-refractivity contribution is 8.02. The first kappa shape index (κ1) is 25.4. The normalized spacial score (nSPS) is 15.0. The molecule has 0 aliphatic carbocycles. The van der Waals surface area contributed by atoms with Crippen LogP contribution in [-0.4, -0.2) is 53.8 Å². The number of amides is 1. The summed E-state index contributed by atoms with van der Waals surface area (Å²) in [6, 6.07) is 13.8. The van der Waals surface area contributed by atoms with Gasteiger partial charge in [-0.2, -0.15) is 4.31 Å². The number of rotatable bonds is 10. The van der Waals surface area contributed by atoms with Crippen molar-refractivity contribution in [2.75, 3.05) is 30.3 Å². The minimum Gasteiger partial charge on any atom is -0.494 e. The van der Waals surface area contributed by atoms with Gasteiger partial charge in [0.1, 0.15) is 5.75 Å². The van der Waals surface area contributed by atoms with E-state index in [1.807, 2.05) is 31.2 Å². The van der Waals surface area contributed by atoms with Crippen LogP contribution in [0.15, 0.2) is 57.8 Å². The number of thioether (sulfide) groups is 1. The summed E-state index contributed by atoms with van der Waals surface area (Å²) in [5.41, 5.74) is 1.40. The summed E-state index contributed by atoms with van der Waals surface area (Å²) >= 11 is 2.66. The lowest BCUT2D eigenvalue weighted by molar-refractivity contribution is -0.115. The third-order valence-corrected chi connectivity index (χ3v) is 9.23. The Bertz CT molecular complexity index is 1240. The predicted molar refractivity (Wildman–Crippen MR) is 139 cm³/mol. The molecule has 0 bridgehead atoms. The number of nitrogens with zero attached hydrogens (tertiary/aromatic N) is 3. The Kier molecular flexibility index (Phi) is 8.26. The zero-order valence-electron chi connectivity index (χ0n) is 19.4. The Labute approximate surface area is 213 Å². The van der Waals surface area contributed by atoms with Gasteiger partial charge in [0.25, 0.3) is 0 Å². The Hall–Kier alpha value is -2.67. The second-order valence-corrected chi connectivity index (χ2v) is 12.3. The van der Waals surface area contributed by atoms with Gasteiger partial charge in [-0.25, -0.2) is 8.42 Å². The molecule has 2 aromatic carbocycles. The van der Waals surface area contributed by atoms with E-state index >= 15 is 0 Å². The number of hydrogen-bond donors (Lipinski definition) is 2. The molecule has 1 aliphatic heterocycles. The van der Waals surface area contributed by atoms with E-state index in [9.17, 15) is 13.2 Å². The molecule has 3 aromatic rings. The Morgan fingerprint density at radius 3 is 2.40 bits per heavy atom. The monoisotopic (exact) mass is 533 g/mol. The van der Waals surface area contributed by atoms with E-state index in [0.29, 0.717) is 34.9 Å². The van der Waals surface area contributed by atoms with E-state index < -0.39 is 15.3 Å². The third-order valence-electron chi connectivity index (χ3n) is 5.29. The fraction of sp³-hybridized carbons (Fsp3) is 0.348. The first-order valence-electron chi connectivity index (χ1n) is 11.3. The molecule has 1 atom stereocenters. The second kappa shape index (κ2) is 11.4. The van der Waals surface area contributed by atoms with Crippen LogP contribution in [-0.2, 0) is 14.8 Å². The van der Waals surface area contributed by atoms with Crippen LogP contribution in [0, 0.1) is 0 Å². The van der Waals surface area contributed by atoms with E-state index in [2.05, 4.69) is 20.8 Å². The molecule has 1 aromatic heterocycles. The summed E-state index contributed by atoms with van der Waals surface area (Å²) in [7, 11) is -3.48. The molecule has 186 valence electrons. The maximum Gasteiger partial charge on any atom is 0.243 e. The third kappa shape index (κ3) is 6.51. The summed E-state index contributed by atoms with van der Waals surface area (Å²) in [6.45, 7) is 5.44. The number of anilines is 3. The van der Waals surface area contributed by atoms with Gasteiger partial charge in [-0.1, -0.05) is 23.1 Å². The predicted octanol–water partition coefficient (Wildman–Crippen LogP) is 4.58. The minimum atomic E-state index is -3.48. The van der Waals surface area contributed by atoms with Crippen molar-refractivity contribution in [3.63, 3.8) is 0 Å². The lowest BCUT2D eigenvalue weighted by Crippen LogP contribution is -2.27. The first-order chi connectivity index (χ1) is 16.8. The Morgan fingerprint density at radius 1 is 1.09 bits per heavy atom. The summed E-state index contributed by atoms with van der Waals surface area (Å²) in [4.78, 5) is 12.9. The zero-order chi connectivity index (χ0) is 24.8. The second-order valence-electron chi connectivity index (χ2n) is 7.84. The summed E-state index contributed by atoms with van der Waals surface area (Å²) < 4.78 is 32.9. The van der Waals surface area contributed by atoms with Crippen LogP contribution in [0.1, 0.15) is 26.7 Å². The number of hydrogen-bond acceptors (Lipinski definition) is 9. The van der Waals surface area contributed by atoms with Crippen LogP contribution < -0.4 is 15.4 Å². The van der Waals surface area contributed by atoms with Crippen molar-refractivity contribution in [3.8, 4) is 5.75 Å². The number of benzene rings is 2. The van der Waals surface area contributed by atoms with Crippen molar-refractivity contribution in [2.45, 2.75) is 41.2 Å². The van der Waals surface area contributed by atoms with Gasteiger partial charge in [0.05, 0.1) is 16.8 Å². The van der Waals surface area contributed by atoms with Crippen LogP contribution in [0.25, 0.3) is 0 Å². The molecule has 1 saturated heterocycles. The number of sulfonamides is 1. The van der Waals surface area contributed by atoms with Gasteiger partial charge in [0, 0.05) is 24.5 Å². The molecule has 4 rings (SSSR count). The molecule has 12 heteroatoms. The van der Waals surface area contributed by atoms with E-state index in [1.165, 1.54) is 39.5 Å². The number of aromatic nitrogens is 2. The standard InChI is InChI=1S/C23H27N5O4S3/c1-3-32-19-10-6-18(7-11-19)25-22-26-27-23(34-22)33-16(2)21(29)24-17-8-12-20(13-9-17)35(30,31)28-14-4-5-15-28/h6-13,16H,3-5,14-15H2,1-2H3,(H,24,29)(H,25,26)/t16-/m0/s1. The van der Waals surface area contributed by atoms with Gasteiger partial charge in [-0.15, -0.1) is 10.2 Å². The zero-order valence-corrected chi connectivity index (χ0v) is 21.9. The maximum atomic E-state index is 12.7. The smallest absolute Gasteiger partial charge is 0.243 e. The molecular formula is C23H27N5O4S3. The van der Waals surface area contributed by atoms with Gasteiger partial charge in [-0.3, -0.25) is 4.79 Å². The average molecular weight is 534 g/mol. The highest BCUT2D eigenvalue weighted by atomic mass is 32.2. The maximum absolute atomic E-state index is 12.7. The lowest BCUT2D eigenvalue weighted by atomic mass is 10.3. The van der Waals surface area contributed by atoms with Crippen molar-refractivity contribution in [2.24, 2.45) is 0 Å². The van der Waals surface area contributed by atoms with Crippen molar-refractivity contribution in [3.05, 3.63) is 48.5 Å². The average Bonchev–Trinajstić information content (AvgIpc) is 3.54. The number of carbonyl (C=O) groups excluding carboxylic acids is 1. The highest BCUT2D eigenvalue weighted by Gasteiger charge is 2.27.